The highest BCUT2D eigenvalue weighted by Crippen LogP contribution is 2.50. The molecule has 0 N–H and O–H groups in total. The number of amides is 1. The van der Waals surface area contributed by atoms with E-state index in [1.807, 2.05) is 0 Å². The average molecular weight is 420 g/mol. The zero-order valence-corrected chi connectivity index (χ0v) is 16.5. The van der Waals surface area contributed by atoms with Gasteiger partial charge in [-0.1, -0.05) is 6.07 Å². The lowest BCUT2D eigenvalue weighted by Crippen LogP contribution is -2.42. The first kappa shape index (κ1) is 19.4. The fourth-order valence-corrected chi connectivity index (χ4v) is 4.87. The summed E-state index contributed by atoms with van der Waals surface area (Å²) in [5.41, 5.74) is -0.588. The van der Waals surface area contributed by atoms with E-state index >= 15 is 0 Å². The molecule has 2 atom stereocenters. The van der Waals surface area contributed by atoms with Crippen LogP contribution in [-0.2, 0) is 23.2 Å². The van der Waals surface area contributed by atoms with Crippen molar-refractivity contribution in [3.8, 4) is 0 Å². The number of benzene rings is 1. The molecule has 5 rings (SSSR count). The van der Waals surface area contributed by atoms with Gasteiger partial charge in [-0.15, -0.1) is 0 Å². The Morgan fingerprint density at radius 1 is 1.23 bits per heavy atom. The Balaban J connectivity index is 1.44. The van der Waals surface area contributed by atoms with Crippen molar-refractivity contribution in [3.05, 3.63) is 51.7 Å². The van der Waals surface area contributed by atoms with Crippen LogP contribution in [0.3, 0.4) is 0 Å². The van der Waals surface area contributed by atoms with Gasteiger partial charge in [0.25, 0.3) is 0 Å². The molecule has 1 saturated carbocycles. The van der Waals surface area contributed by atoms with Crippen molar-refractivity contribution in [2.24, 2.45) is 0 Å². The molecule has 1 amide bonds. The van der Waals surface area contributed by atoms with Crippen LogP contribution in [0.25, 0.3) is 0 Å². The lowest BCUT2D eigenvalue weighted by molar-refractivity contribution is -0.134. The first-order valence-electron chi connectivity index (χ1n) is 10.4. The molecule has 160 valence electrons. The zero-order valence-electron chi connectivity index (χ0n) is 16.5. The third kappa shape index (κ3) is 3.15. The van der Waals surface area contributed by atoms with Gasteiger partial charge in [-0.2, -0.15) is 5.10 Å². The van der Waals surface area contributed by atoms with E-state index in [0.29, 0.717) is 50.0 Å². The lowest BCUT2D eigenvalue weighted by Gasteiger charge is -2.27. The number of hydrogen-bond donors (Lipinski definition) is 0. The molecule has 1 saturated heterocycles. The van der Waals surface area contributed by atoms with Gasteiger partial charge in [-0.25, -0.2) is 22.6 Å². The number of halogens is 3. The molecule has 2 aromatic rings. The van der Waals surface area contributed by atoms with Crippen molar-refractivity contribution in [1.29, 1.82) is 0 Å². The van der Waals surface area contributed by atoms with E-state index in [1.165, 1.54) is 26.3 Å². The molecular weight excluding hydrogens is 397 g/mol. The van der Waals surface area contributed by atoms with E-state index in [9.17, 15) is 22.8 Å². The largest absolute Gasteiger partial charge is 0.346 e. The average Bonchev–Trinajstić information content (AvgIpc) is 3.24. The van der Waals surface area contributed by atoms with E-state index in [0.717, 1.165) is 12.5 Å². The quantitative estimate of drug-likeness (QED) is 0.764. The number of carbonyl (C=O) groups is 1. The summed E-state index contributed by atoms with van der Waals surface area (Å²) in [5.74, 6) is -0.952. The molecule has 2 fully saturated rings. The summed E-state index contributed by atoms with van der Waals surface area (Å²) < 4.78 is 44.0. The number of carbonyl (C=O) groups excluding carboxylic acids is 1. The number of likely N-dealkylation sites (tertiary alicyclic amines) is 1. The predicted octanol–water partition coefficient (Wildman–Crippen LogP) is 2.50. The molecule has 3 aliphatic rings. The molecule has 1 aromatic carbocycles. The first-order chi connectivity index (χ1) is 14.4. The van der Waals surface area contributed by atoms with Crippen LogP contribution in [0.5, 0.6) is 0 Å². The van der Waals surface area contributed by atoms with E-state index in [1.54, 1.807) is 0 Å². The Hall–Kier alpha value is -2.58. The third-order valence-corrected chi connectivity index (χ3v) is 6.67. The highest BCUT2D eigenvalue weighted by molar-refractivity contribution is 5.81. The van der Waals surface area contributed by atoms with Gasteiger partial charge in [0.15, 0.2) is 0 Å². The molecule has 30 heavy (non-hydrogen) atoms. The van der Waals surface area contributed by atoms with Crippen LogP contribution in [0.15, 0.2) is 23.0 Å². The summed E-state index contributed by atoms with van der Waals surface area (Å²) in [5, 5.41) is 4.45. The number of aromatic nitrogens is 3. The van der Waals surface area contributed by atoms with Gasteiger partial charge in [0.1, 0.15) is 29.7 Å². The first-order valence-corrected chi connectivity index (χ1v) is 10.4. The summed E-state index contributed by atoms with van der Waals surface area (Å²) in [6, 6.07) is 2.85. The predicted molar refractivity (Wildman–Crippen MR) is 102 cm³/mol. The minimum atomic E-state index is -1.02. The SMILES string of the molecule is O=C([C@@H]1CCCc2nn(CC3(c4ccc(F)cc4F)CC3)c(=O)n21)N1CC[C@H](F)C1. The van der Waals surface area contributed by atoms with Gasteiger partial charge < -0.3 is 4.90 Å². The fraction of sp³-hybridized carbons (Fsp3) is 0.571. The van der Waals surface area contributed by atoms with Crippen LogP contribution < -0.4 is 5.69 Å². The molecule has 6 nitrogen and oxygen atoms in total. The van der Waals surface area contributed by atoms with Crippen LogP contribution in [0, 0.1) is 11.6 Å². The van der Waals surface area contributed by atoms with Gasteiger partial charge in [-0.3, -0.25) is 9.36 Å². The monoisotopic (exact) mass is 420 g/mol. The van der Waals surface area contributed by atoms with Crippen molar-refractivity contribution < 1.29 is 18.0 Å². The Labute approximate surface area is 171 Å². The minimum Gasteiger partial charge on any atom is -0.338 e. The number of nitrogens with zero attached hydrogens (tertiary/aromatic N) is 4. The molecule has 0 radical (unpaired) electrons. The maximum atomic E-state index is 14.4. The molecule has 1 aliphatic carbocycles. The summed E-state index contributed by atoms with van der Waals surface area (Å²) in [7, 11) is 0. The molecular formula is C21H23F3N4O2. The summed E-state index contributed by atoms with van der Waals surface area (Å²) in [6.07, 6.45) is 2.48. The van der Waals surface area contributed by atoms with Crippen molar-refractivity contribution in [1.82, 2.24) is 19.2 Å². The van der Waals surface area contributed by atoms with Gasteiger partial charge in [-0.05, 0) is 43.7 Å². The standard InChI is InChI=1S/C21H23F3N4O2/c22-13-4-5-15(16(24)10-13)21(7-8-21)12-27-20(30)28-17(2-1-3-18(28)25-27)19(29)26-9-6-14(23)11-26/h4-5,10,14,17H,1-3,6-9,11-12H2/t14-,17-/m0/s1. The second-order valence-corrected chi connectivity index (χ2v) is 8.71. The molecule has 0 unspecified atom stereocenters. The number of fused-ring (bicyclic) bond motifs is 1. The van der Waals surface area contributed by atoms with Gasteiger partial charge in [0.2, 0.25) is 5.91 Å². The topological polar surface area (TPSA) is 60.1 Å². The smallest absolute Gasteiger partial charge is 0.338 e. The molecule has 9 heteroatoms. The number of aryl methyl sites for hydroxylation is 1. The normalized spacial score (nSPS) is 24.7. The van der Waals surface area contributed by atoms with Crippen LogP contribution in [0.2, 0.25) is 0 Å². The number of rotatable bonds is 4. The Bertz CT molecular complexity index is 1060. The van der Waals surface area contributed by atoms with Crippen molar-refractivity contribution >= 4 is 5.91 Å². The molecule has 2 aliphatic heterocycles. The second kappa shape index (κ2) is 6.99. The summed E-state index contributed by atoms with van der Waals surface area (Å²) in [6.45, 7) is 0.619. The number of hydrogen-bond acceptors (Lipinski definition) is 3. The molecule has 0 bridgehead atoms. The van der Waals surface area contributed by atoms with Gasteiger partial charge in [0, 0.05) is 24.4 Å². The Morgan fingerprint density at radius 3 is 2.70 bits per heavy atom. The molecule has 0 spiro atoms. The fourth-order valence-electron chi connectivity index (χ4n) is 4.87. The Morgan fingerprint density at radius 2 is 2.03 bits per heavy atom. The summed E-state index contributed by atoms with van der Waals surface area (Å²) in [4.78, 5) is 27.6. The maximum Gasteiger partial charge on any atom is 0.346 e. The van der Waals surface area contributed by atoms with Crippen molar-refractivity contribution in [2.45, 2.75) is 62.7 Å². The second-order valence-electron chi connectivity index (χ2n) is 8.71. The van der Waals surface area contributed by atoms with Crippen LogP contribution in [0.4, 0.5) is 13.2 Å². The molecule has 1 aromatic heterocycles. The van der Waals surface area contributed by atoms with Crippen molar-refractivity contribution in [2.75, 3.05) is 13.1 Å². The van der Waals surface area contributed by atoms with Gasteiger partial charge in [0.05, 0.1) is 13.1 Å². The van der Waals surface area contributed by atoms with E-state index in [2.05, 4.69) is 5.10 Å². The van der Waals surface area contributed by atoms with Gasteiger partial charge >= 0.3 is 5.69 Å². The highest BCUT2D eigenvalue weighted by Gasteiger charge is 2.47. The number of alkyl halides is 1. The third-order valence-electron chi connectivity index (χ3n) is 6.67. The van der Waals surface area contributed by atoms with Crippen LogP contribution in [-0.4, -0.2) is 44.4 Å². The van der Waals surface area contributed by atoms with Crippen LogP contribution in [0.1, 0.15) is 49.5 Å². The summed E-state index contributed by atoms with van der Waals surface area (Å²) >= 11 is 0. The Kier molecular flexibility index (Phi) is 4.52. The van der Waals surface area contributed by atoms with E-state index < -0.39 is 35.0 Å². The molecule has 3 heterocycles. The van der Waals surface area contributed by atoms with E-state index in [-0.39, 0.29) is 19.0 Å². The lowest BCUT2D eigenvalue weighted by atomic mass is 9.95. The highest BCUT2D eigenvalue weighted by atomic mass is 19.1. The minimum absolute atomic E-state index is 0.0699. The van der Waals surface area contributed by atoms with Crippen LogP contribution >= 0.6 is 0 Å². The van der Waals surface area contributed by atoms with Crippen molar-refractivity contribution in [3.63, 3.8) is 0 Å². The van der Waals surface area contributed by atoms with E-state index in [4.69, 9.17) is 0 Å². The maximum absolute atomic E-state index is 14.4. The zero-order chi connectivity index (χ0) is 21.0.